The van der Waals surface area contributed by atoms with Crippen LogP contribution in [0, 0.1) is 0 Å². The summed E-state index contributed by atoms with van der Waals surface area (Å²) in [5.74, 6) is -0.659. The van der Waals surface area contributed by atoms with Crippen LogP contribution >= 0.6 is 11.6 Å². The lowest BCUT2D eigenvalue weighted by atomic mass is 10.1. The number of pyridine rings is 1. The van der Waals surface area contributed by atoms with Gasteiger partial charge in [0, 0.05) is 23.5 Å². The summed E-state index contributed by atoms with van der Waals surface area (Å²) in [4.78, 5) is 29.3. The third-order valence-corrected chi connectivity index (χ3v) is 4.18. The van der Waals surface area contributed by atoms with E-state index in [9.17, 15) is 9.59 Å². The Morgan fingerprint density at radius 2 is 1.82 bits per heavy atom. The monoisotopic (exact) mass is 396 g/mol. The van der Waals surface area contributed by atoms with Crippen molar-refractivity contribution in [1.82, 2.24) is 4.98 Å². The summed E-state index contributed by atoms with van der Waals surface area (Å²) < 4.78 is 10.6. The number of nitrogens with one attached hydrogen (secondary N) is 1. The van der Waals surface area contributed by atoms with Crippen LogP contribution in [-0.2, 0) is 9.53 Å². The standard InChI is InChI=1S/C21H17ClN2O4/c1-27-16-10-5-9-15(13-16)24-20(25)18(14-7-3-2-4-8-14)28-21(26)17-11-6-12-23-19(17)22/h2-13,18H,1H3,(H,24,25)/t18-/m1/s1. The van der Waals surface area contributed by atoms with Crippen molar-refractivity contribution in [2.45, 2.75) is 6.10 Å². The third-order valence-electron chi connectivity index (χ3n) is 3.88. The minimum atomic E-state index is -1.17. The summed E-state index contributed by atoms with van der Waals surface area (Å²) in [5, 5.41) is 2.75. The van der Waals surface area contributed by atoms with E-state index in [1.54, 1.807) is 60.7 Å². The second-order valence-electron chi connectivity index (χ2n) is 5.76. The molecule has 1 aromatic heterocycles. The maximum Gasteiger partial charge on any atom is 0.342 e. The maximum atomic E-state index is 12.9. The van der Waals surface area contributed by atoms with Gasteiger partial charge in [0.15, 0.2) is 0 Å². The molecule has 0 aliphatic rings. The number of esters is 1. The molecule has 7 heteroatoms. The maximum absolute atomic E-state index is 12.9. The molecule has 0 aliphatic carbocycles. The van der Waals surface area contributed by atoms with Crippen LogP contribution in [0.3, 0.4) is 0 Å². The molecule has 0 spiro atoms. The predicted molar refractivity (Wildman–Crippen MR) is 105 cm³/mol. The predicted octanol–water partition coefficient (Wildman–Crippen LogP) is 4.28. The van der Waals surface area contributed by atoms with Gasteiger partial charge in [-0.1, -0.05) is 48.0 Å². The summed E-state index contributed by atoms with van der Waals surface area (Å²) >= 11 is 5.96. The van der Waals surface area contributed by atoms with E-state index in [1.807, 2.05) is 0 Å². The fraction of sp³-hybridized carbons (Fsp3) is 0.0952. The zero-order valence-corrected chi connectivity index (χ0v) is 15.7. The van der Waals surface area contributed by atoms with Gasteiger partial charge in [-0.05, 0) is 24.3 Å². The Labute approximate surface area is 167 Å². The molecule has 1 amide bonds. The van der Waals surface area contributed by atoms with Gasteiger partial charge in [0.05, 0.1) is 12.7 Å². The van der Waals surface area contributed by atoms with Gasteiger partial charge in [-0.25, -0.2) is 9.78 Å². The Kier molecular flexibility index (Phi) is 6.24. The van der Waals surface area contributed by atoms with E-state index in [2.05, 4.69) is 10.3 Å². The van der Waals surface area contributed by atoms with Gasteiger partial charge in [0.2, 0.25) is 6.10 Å². The van der Waals surface area contributed by atoms with Crippen molar-refractivity contribution in [2.75, 3.05) is 12.4 Å². The smallest absolute Gasteiger partial charge is 0.342 e. The molecule has 0 fully saturated rings. The first-order chi connectivity index (χ1) is 13.6. The van der Waals surface area contributed by atoms with Crippen LogP contribution in [0.1, 0.15) is 22.0 Å². The fourth-order valence-electron chi connectivity index (χ4n) is 2.52. The van der Waals surface area contributed by atoms with Gasteiger partial charge in [-0.3, -0.25) is 4.79 Å². The second-order valence-corrected chi connectivity index (χ2v) is 6.12. The molecule has 1 atom stereocenters. The highest BCUT2D eigenvalue weighted by atomic mass is 35.5. The number of aromatic nitrogens is 1. The van der Waals surface area contributed by atoms with Gasteiger partial charge in [-0.2, -0.15) is 0 Å². The van der Waals surface area contributed by atoms with Gasteiger partial charge in [0.1, 0.15) is 10.9 Å². The van der Waals surface area contributed by atoms with Crippen molar-refractivity contribution in [2.24, 2.45) is 0 Å². The van der Waals surface area contributed by atoms with Crippen molar-refractivity contribution in [1.29, 1.82) is 0 Å². The summed E-state index contributed by atoms with van der Waals surface area (Å²) in [6.07, 6.45) is 0.291. The molecule has 0 radical (unpaired) electrons. The van der Waals surface area contributed by atoms with Crippen LogP contribution in [0.15, 0.2) is 72.9 Å². The van der Waals surface area contributed by atoms with Crippen LogP contribution in [0.25, 0.3) is 0 Å². The fourth-order valence-corrected chi connectivity index (χ4v) is 2.71. The van der Waals surface area contributed by atoms with Crippen LogP contribution in [-0.4, -0.2) is 24.0 Å². The molecule has 28 heavy (non-hydrogen) atoms. The molecule has 142 valence electrons. The first-order valence-corrected chi connectivity index (χ1v) is 8.77. The molecule has 1 heterocycles. The summed E-state index contributed by atoms with van der Waals surface area (Å²) in [5.41, 5.74) is 1.12. The number of methoxy groups -OCH3 is 1. The molecule has 3 aromatic rings. The number of nitrogens with zero attached hydrogens (tertiary/aromatic N) is 1. The number of carbonyl (C=O) groups is 2. The molecular weight excluding hydrogens is 380 g/mol. The lowest BCUT2D eigenvalue weighted by Crippen LogP contribution is -2.26. The van der Waals surface area contributed by atoms with Crippen LogP contribution in [0.2, 0.25) is 5.15 Å². The van der Waals surface area contributed by atoms with E-state index in [0.717, 1.165) is 0 Å². The van der Waals surface area contributed by atoms with Crippen molar-refractivity contribution in [3.63, 3.8) is 0 Å². The minimum absolute atomic E-state index is 0.00696. The SMILES string of the molecule is COc1cccc(NC(=O)[C@H](OC(=O)c2cccnc2Cl)c2ccccc2)c1. The van der Waals surface area contributed by atoms with Crippen LogP contribution in [0.4, 0.5) is 5.69 Å². The third kappa shape index (κ3) is 4.66. The molecule has 1 N–H and O–H groups in total. The second kappa shape index (κ2) is 9.01. The van der Waals surface area contributed by atoms with Gasteiger partial charge < -0.3 is 14.8 Å². The van der Waals surface area contributed by atoms with E-state index in [4.69, 9.17) is 21.1 Å². The number of benzene rings is 2. The molecule has 3 rings (SSSR count). The quantitative estimate of drug-likeness (QED) is 0.497. The Balaban J connectivity index is 1.86. The Bertz CT molecular complexity index is 979. The van der Waals surface area contributed by atoms with Crippen molar-refractivity contribution >= 4 is 29.2 Å². The zero-order chi connectivity index (χ0) is 19.9. The molecule has 0 bridgehead atoms. The largest absolute Gasteiger partial charge is 0.497 e. The summed E-state index contributed by atoms with van der Waals surface area (Å²) in [6, 6.07) is 18.7. The number of halogens is 1. The first kappa shape index (κ1) is 19.4. The van der Waals surface area contributed by atoms with E-state index >= 15 is 0 Å². The lowest BCUT2D eigenvalue weighted by molar-refractivity contribution is -0.125. The van der Waals surface area contributed by atoms with Gasteiger partial charge in [-0.15, -0.1) is 0 Å². The average molecular weight is 397 g/mol. The van der Waals surface area contributed by atoms with Crippen molar-refractivity contribution < 1.29 is 19.1 Å². The average Bonchev–Trinajstić information content (AvgIpc) is 2.73. The summed E-state index contributed by atoms with van der Waals surface area (Å²) in [7, 11) is 1.53. The molecule has 2 aromatic carbocycles. The molecule has 0 unspecified atom stereocenters. The first-order valence-electron chi connectivity index (χ1n) is 8.40. The molecular formula is C21H17ClN2O4. The normalized spacial score (nSPS) is 11.4. The van der Waals surface area contributed by atoms with Crippen LogP contribution < -0.4 is 10.1 Å². The molecule has 0 saturated heterocycles. The lowest BCUT2D eigenvalue weighted by Gasteiger charge is -2.18. The van der Waals surface area contributed by atoms with E-state index in [0.29, 0.717) is 17.0 Å². The Hall–Kier alpha value is -3.38. The highest BCUT2D eigenvalue weighted by Crippen LogP contribution is 2.24. The Morgan fingerprint density at radius 1 is 1.04 bits per heavy atom. The number of anilines is 1. The zero-order valence-electron chi connectivity index (χ0n) is 15.0. The van der Waals surface area contributed by atoms with E-state index in [1.165, 1.54) is 19.4 Å². The van der Waals surface area contributed by atoms with Gasteiger partial charge in [0.25, 0.3) is 5.91 Å². The number of hydrogen-bond acceptors (Lipinski definition) is 5. The number of carbonyl (C=O) groups excluding carboxylic acids is 2. The topological polar surface area (TPSA) is 77.5 Å². The van der Waals surface area contributed by atoms with Gasteiger partial charge >= 0.3 is 5.97 Å². The van der Waals surface area contributed by atoms with Crippen molar-refractivity contribution in [3.05, 3.63) is 89.2 Å². The minimum Gasteiger partial charge on any atom is -0.497 e. The molecule has 0 saturated carbocycles. The van der Waals surface area contributed by atoms with Crippen LogP contribution in [0.5, 0.6) is 5.75 Å². The number of hydrogen-bond donors (Lipinski definition) is 1. The molecule has 6 nitrogen and oxygen atoms in total. The Morgan fingerprint density at radius 3 is 2.54 bits per heavy atom. The number of ether oxygens (including phenoxy) is 2. The van der Waals surface area contributed by atoms with Crippen molar-refractivity contribution in [3.8, 4) is 5.75 Å². The number of amides is 1. The van der Waals surface area contributed by atoms with E-state index < -0.39 is 18.0 Å². The van der Waals surface area contributed by atoms with E-state index in [-0.39, 0.29) is 10.7 Å². The highest BCUT2D eigenvalue weighted by Gasteiger charge is 2.27. The number of rotatable bonds is 6. The molecule has 0 aliphatic heterocycles. The highest BCUT2D eigenvalue weighted by molar-refractivity contribution is 6.32. The summed E-state index contributed by atoms with van der Waals surface area (Å²) in [6.45, 7) is 0.